The standard InChI is InChI=1S/C20H27NO5S/c1-14-11-15(2)13-21(12-14)27(24,25)17-9-7-16(8-10-17)20(23)26-19-6-4-3-5-18(19)22/h7-10,14-15,19H,3-6,11-13H2,1-2H3/t14-,15-,19+/m0/s1. The highest BCUT2D eigenvalue weighted by atomic mass is 32.2. The first-order valence-electron chi connectivity index (χ1n) is 9.61. The number of sulfonamides is 1. The predicted octanol–water partition coefficient (Wildman–Crippen LogP) is 3.02. The number of esters is 1. The van der Waals surface area contributed by atoms with Gasteiger partial charge in [0.05, 0.1) is 10.5 Å². The van der Waals surface area contributed by atoms with E-state index in [4.69, 9.17) is 4.74 Å². The van der Waals surface area contributed by atoms with Crippen molar-refractivity contribution in [3.8, 4) is 0 Å². The van der Waals surface area contributed by atoms with E-state index < -0.39 is 22.1 Å². The average Bonchev–Trinajstić information content (AvgIpc) is 2.63. The predicted molar refractivity (Wildman–Crippen MR) is 101 cm³/mol. The fourth-order valence-electron chi connectivity index (χ4n) is 3.99. The summed E-state index contributed by atoms with van der Waals surface area (Å²) in [6.45, 7) is 5.15. The van der Waals surface area contributed by atoms with Gasteiger partial charge in [-0.05, 0) is 61.8 Å². The van der Waals surface area contributed by atoms with Crippen LogP contribution in [-0.4, -0.2) is 43.7 Å². The normalized spacial score (nSPS) is 27.3. The molecule has 1 saturated carbocycles. The van der Waals surface area contributed by atoms with Crippen molar-refractivity contribution in [3.63, 3.8) is 0 Å². The molecule has 0 amide bonds. The molecule has 1 aliphatic heterocycles. The number of nitrogens with zero attached hydrogens (tertiary/aromatic N) is 1. The molecule has 7 heteroatoms. The Kier molecular flexibility index (Phi) is 6.01. The fourth-order valence-corrected chi connectivity index (χ4v) is 5.67. The largest absolute Gasteiger partial charge is 0.451 e. The number of Topliss-reactive ketones (excluding diaryl/α,β-unsaturated/α-hetero) is 1. The molecular formula is C20H27NO5S. The molecular weight excluding hydrogens is 366 g/mol. The summed E-state index contributed by atoms with van der Waals surface area (Å²) < 4.78 is 32.6. The summed E-state index contributed by atoms with van der Waals surface area (Å²) in [5.41, 5.74) is 0.257. The summed E-state index contributed by atoms with van der Waals surface area (Å²) in [6, 6.07) is 5.80. The van der Waals surface area contributed by atoms with Crippen LogP contribution < -0.4 is 0 Å². The number of hydrogen-bond acceptors (Lipinski definition) is 5. The zero-order valence-corrected chi connectivity index (χ0v) is 16.7. The first-order valence-corrected chi connectivity index (χ1v) is 11.1. The lowest BCUT2D eigenvalue weighted by molar-refractivity contribution is -0.129. The molecule has 3 atom stereocenters. The van der Waals surface area contributed by atoms with E-state index in [9.17, 15) is 18.0 Å². The summed E-state index contributed by atoms with van der Waals surface area (Å²) in [7, 11) is -3.58. The van der Waals surface area contributed by atoms with Gasteiger partial charge in [0.15, 0.2) is 11.9 Å². The zero-order chi connectivity index (χ0) is 19.6. The third kappa shape index (κ3) is 4.58. The first kappa shape index (κ1) is 20.0. The molecule has 148 valence electrons. The molecule has 0 spiro atoms. The maximum atomic E-state index is 12.9. The molecule has 0 radical (unpaired) electrons. The number of ether oxygens (including phenoxy) is 1. The molecule has 2 aliphatic rings. The minimum atomic E-state index is -3.58. The molecule has 1 aromatic rings. The number of ketones is 1. The van der Waals surface area contributed by atoms with Crippen LogP contribution in [0.25, 0.3) is 0 Å². The van der Waals surface area contributed by atoms with Crippen molar-refractivity contribution in [2.24, 2.45) is 11.8 Å². The summed E-state index contributed by atoms with van der Waals surface area (Å²) in [4.78, 5) is 24.3. The third-order valence-corrected chi connectivity index (χ3v) is 7.16. The highest BCUT2D eigenvalue weighted by Gasteiger charge is 2.32. The van der Waals surface area contributed by atoms with Gasteiger partial charge in [0.2, 0.25) is 10.0 Å². The summed E-state index contributed by atoms with van der Waals surface area (Å²) in [6.07, 6.45) is 3.06. The molecule has 0 N–H and O–H groups in total. The van der Waals surface area contributed by atoms with E-state index in [0.717, 1.165) is 19.3 Å². The molecule has 2 fully saturated rings. The lowest BCUT2D eigenvalue weighted by Gasteiger charge is -2.34. The molecule has 27 heavy (non-hydrogen) atoms. The van der Waals surface area contributed by atoms with Crippen LogP contribution in [-0.2, 0) is 19.6 Å². The van der Waals surface area contributed by atoms with Gasteiger partial charge in [-0.25, -0.2) is 13.2 Å². The lowest BCUT2D eigenvalue weighted by atomic mass is 9.94. The van der Waals surface area contributed by atoms with Crippen LogP contribution in [0.2, 0.25) is 0 Å². The zero-order valence-electron chi connectivity index (χ0n) is 15.9. The SMILES string of the molecule is C[C@H]1C[C@H](C)CN(S(=O)(=O)c2ccc(C(=O)O[C@@H]3CCCCC3=O)cc2)C1. The van der Waals surface area contributed by atoms with Gasteiger partial charge < -0.3 is 4.74 Å². The smallest absolute Gasteiger partial charge is 0.338 e. The third-order valence-electron chi connectivity index (χ3n) is 5.31. The van der Waals surface area contributed by atoms with Gasteiger partial charge in [-0.1, -0.05) is 13.8 Å². The van der Waals surface area contributed by atoms with E-state index in [2.05, 4.69) is 13.8 Å². The fraction of sp³-hybridized carbons (Fsp3) is 0.600. The molecule has 0 aromatic heterocycles. The molecule has 3 rings (SSSR count). The number of benzene rings is 1. The van der Waals surface area contributed by atoms with Gasteiger partial charge in [0.25, 0.3) is 0 Å². The highest BCUT2D eigenvalue weighted by molar-refractivity contribution is 7.89. The van der Waals surface area contributed by atoms with Crippen LogP contribution in [0.1, 0.15) is 56.3 Å². The number of carbonyl (C=O) groups is 2. The molecule has 0 bridgehead atoms. The lowest BCUT2D eigenvalue weighted by Crippen LogP contribution is -2.42. The molecule has 1 aromatic carbocycles. The van der Waals surface area contributed by atoms with E-state index in [-0.39, 0.29) is 16.2 Å². The minimum Gasteiger partial charge on any atom is -0.451 e. The maximum Gasteiger partial charge on any atom is 0.338 e. The molecule has 1 aliphatic carbocycles. The van der Waals surface area contributed by atoms with E-state index in [0.29, 0.717) is 37.8 Å². The quantitative estimate of drug-likeness (QED) is 0.735. The summed E-state index contributed by atoms with van der Waals surface area (Å²) in [5.74, 6) is 0.0261. The second kappa shape index (κ2) is 8.10. The molecule has 1 heterocycles. The van der Waals surface area contributed by atoms with Gasteiger partial charge >= 0.3 is 5.97 Å². The van der Waals surface area contributed by atoms with Crippen LogP contribution in [0.5, 0.6) is 0 Å². The summed E-state index contributed by atoms with van der Waals surface area (Å²) in [5, 5.41) is 0. The van der Waals surface area contributed by atoms with Crippen molar-refractivity contribution < 1.29 is 22.7 Å². The van der Waals surface area contributed by atoms with Crippen molar-refractivity contribution in [2.45, 2.75) is 57.0 Å². The van der Waals surface area contributed by atoms with Gasteiger partial charge in [-0.15, -0.1) is 0 Å². The van der Waals surface area contributed by atoms with Crippen molar-refractivity contribution in [1.29, 1.82) is 0 Å². The Hall–Kier alpha value is -1.73. The first-order chi connectivity index (χ1) is 12.8. The number of rotatable bonds is 4. The Morgan fingerprint density at radius 1 is 1.07 bits per heavy atom. The Labute approximate surface area is 160 Å². The second-order valence-corrected chi connectivity index (χ2v) is 9.84. The monoisotopic (exact) mass is 393 g/mol. The number of hydrogen-bond donors (Lipinski definition) is 0. The Balaban J connectivity index is 1.70. The topological polar surface area (TPSA) is 80.8 Å². The van der Waals surface area contributed by atoms with Gasteiger partial charge in [-0.3, -0.25) is 4.79 Å². The van der Waals surface area contributed by atoms with Gasteiger partial charge in [0.1, 0.15) is 0 Å². The minimum absolute atomic E-state index is 0.0397. The van der Waals surface area contributed by atoms with Crippen LogP contribution in [0.4, 0.5) is 0 Å². The van der Waals surface area contributed by atoms with E-state index >= 15 is 0 Å². The molecule has 0 unspecified atom stereocenters. The number of carbonyl (C=O) groups excluding carboxylic acids is 2. The van der Waals surface area contributed by atoms with Crippen LogP contribution in [0, 0.1) is 11.8 Å². The Morgan fingerprint density at radius 2 is 1.70 bits per heavy atom. The summed E-state index contributed by atoms with van der Waals surface area (Å²) >= 11 is 0. The van der Waals surface area contributed by atoms with Gasteiger partial charge in [0, 0.05) is 19.5 Å². The van der Waals surface area contributed by atoms with Crippen LogP contribution >= 0.6 is 0 Å². The maximum absolute atomic E-state index is 12.9. The molecule has 1 saturated heterocycles. The van der Waals surface area contributed by atoms with E-state index in [1.807, 2.05) is 0 Å². The van der Waals surface area contributed by atoms with E-state index in [1.54, 1.807) is 0 Å². The molecule has 6 nitrogen and oxygen atoms in total. The second-order valence-electron chi connectivity index (χ2n) is 7.90. The van der Waals surface area contributed by atoms with Crippen LogP contribution in [0.3, 0.4) is 0 Å². The Morgan fingerprint density at radius 3 is 2.30 bits per heavy atom. The highest BCUT2D eigenvalue weighted by Crippen LogP contribution is 2.27. The number of piperidine rings is 1. The van der Waals surface area contributed by atoms with Gasteiger partial charge in [-0.2, -0.15) is 4.31 Å². The Bertz CT molecular complexity index is 792. The van der Waals surface area contributed by atoms with Crippen molar-refractivity contribution in [2.75, 3.05) is 13.1 Å². The van der Waals surface area contributed by atoms with Crippen molar-refractivity contribution >= 4 is 21.8 Å². The average molecular weight is 394 g/mol. The van der Waals surface area contributed by atoms with Crippen LogP contribution in [0.15, 0.2) is 29.2 Å². The van der Waals surface area contributed by atoms with E-state index in [1.165, 1.54) is 28.6 Å². The van der Waals surface area contributed by atoms with Crippen molar-refractivity contribution in [3.05, 3.63) is 29.8 Å². The van der Waals surface area contributed by atoms with Crippen molar-refractivity contribution in [1.82, 2.24) is 4.31 Å².